The van der Waals surface area contributed by atoms with Crippen LogP contribution in [0.1, 0.15) is 82.6 Å². The van der Waals surface area contributed by atoms with Crippen LogP contribution in [0.5, 0.6) is 0 Å². The molecule has 14 heteroatoms. The Morgan fingerprint density at radius 1 is 1.09 bits per heavy atom. The Kier molecular flexibility index (Phi) is 9.18. The Bertz CT molecular complexity index is 1610. The van der Waals surface area contributed by atoms with Crippen molar-refractivity contribution in [3.63, 3.8) is 0 Å². The van der Waals surface area contributed by atoms with E-state index in [0.29, 0.717) is 5.92 Å². The van der Waals surface area contributed by atoms with Crippen LogP contribution in [0.15, 0.2) is 29.3 Å². The van der Waals surface area contributed by atoms with Crippen LogP contribution >= 0.6 is 11.6 Å². The molecule has 0 aliphatic heterocycles. The van der Waals surface area contributed by atoms with E-state index < -0.39 is 35.1 Å². The fraction of sp³-hybridized carbons (Fsp3) is 0.594. The van der Waals surface area contributed by atoms with E-state index in [1.165, 1.54) is 53.9 Å². The minimum Gasteiger partial charge on any atom is -0.350 e. The van der Waals surface area contributed by atoms with Gasteiger partial charge >= 0.3 is 0 Å². The van der Waals surface area contributed by atoms with Gasteiger partial charge in [0.15, 0.2) is 0 Å². The minimum absolute atomic E-state index is 0.0537. The van der Waals surface area contributed by atoms with Gasteiger partial charge in [-0.25, -0.2) is 4.98 Å². The Morgan fingerprint density at radius 2 is 1.78 bits per heavy atom. The van der Waals surface area contributed by atoms with Crippen molar-refractivity contribution < 1.29 is 24.0 Å². The smallest absolute Gasteiger partial charge is 0.287 e. The van der Waals surface area contributed by atoms with Crippen molar-refractivity contribution in [3.8, 4) is 0 Å². The average Bonchev–Trinajstić information content (AvgIpc) is 3.28. The molecule has 4 saturated carbocycles. The number of anilines is 1. The molecule has 0 spiro atoms. The molecule has 4 aliphatic rings. The van der Waals surface area contributed by atoms with Crippen LogP contribution < -0.4 is 26.8 Å². The van der Waals surface area contributed by atoms with E-state index in [9.17, 15) is 28.8 Å². The van der Waals surface area contributed by atoms with Gasteiger partial charge in [0.25, 0.3) is 17.4 Å². The highest BCUT2D eigenvalue weighted by molar-refractivity contribution is 6.36. The second-order valence-corrected chi connectivity index (χ2v) is 14.5. The van der Waals surface area contributed by atoms with Crippen LogP contribution in [0.25, 0.3) is 0 Å². The van der Waals surface area contributed by atoms with Crippen LogP contribution in [0.2, 0.25) is 5.28 Å². The third-order valence-electron chi connectivity index (χ3n) is 9.66. The molecule has 4 aliphatic carbocycles. The SMILES string of the molecule is CCNC(=O)C(=O)CC[C@H](NC(=O)c1cnc(Cl)n1C)C(=O)Nc1cccn(CC(=O)NC23CC4CC(C)(CC(C)(C4)C2)C3)c1=O. The Morgan fingerprint density at radius 3 is 2.39 bits per heavy atom. The van der Waals surface area contributed by atoms with Crippen molar-refractivity contribution in [3.05, 3.63) is 45.9 Å². The number of imidazole rings is 1. The van der Waals surface area contributed by atoms with Crippen molar-refractivity contribution in [2.45, 2.75) is 90.3 Å². The number of carbonyl (C=O) groups excluding carboxylic acids is 5. The minimum atomic E-state index is -1.30. The van der Waals surface area contributed by atoms with E-state index in [1.54, 1.807) is 13.0 Å². The van der Waals surface area contributed by atoms with E-state index in [1.807, 2.05) is 0 Å². The maximum atomic E-state index is 13.4. The summed E-state index contributed by atoms with van der Waals surface area (Å²) in [5, 5.41) is 10.9. The van der Waals surface area contributed by atoms with E-state index in [0.717, 1.165) is 19.3 Å². The number of halogens is 1. The Hall–Kier alpha value is -4.00. The maximum absolute atomic E-state index is 13.4. The summed E-state index contributed by atoms with van der Waals surface area (Å²) < 4.78 is 2.55. The zero-order valence-corrected chi connectivity index (χ0v) is 27.5. The first-order valence-corrected chi connectivity index (χ1v) is 16.1. The number of Topliss-reactive ketones (excluding diaryl/α,β-unsaturated/α-hetero) is 1. The van der Waals surface area contributed by atoms with Crippen molar-refractivity contribution in [2.75, 3.05) is 11.9 Å². The number of nitrogens with one attached hydrogen (secondary N) is 4. The van der Waals surface area contributed by atoms with Gasteiger partial charge in [0.05, 0.1) is 6.20 Å². The van der Waals surface area contributed by atoms with Gasteiger partial charge in [0.1, 0.15) is 24.0 Å². The predicted molar refractivity (Wildman–Crippen MR) is 170 cm³/mol. The molecule has 13 nitrogen and oxygen atoms in total. The number of hydrogen-bond acceptors (Lipinski definition) is 7. The molecule has 0 saturated heterocycles. The van der Waals surface area contributed by atoms with E-state index >= 15 is 0 Å². The van der Waals surface area contributed by atoms with E-state index in [-0.39, 0.29) is 64.9 Å². The molecule has 6 rings (SSSR count). The topological polar surface area (TPSA) is 173 Å². The second-order valence-electron chi connectivity index (χ2n) is 14.1. The normalized spacial score (nSPS) is 26.7. The summed E-state index contributed by atoms with van der Waals surface area (Å²) in [6.07, 6.45) is 8.54. The first-order chi connectivity index (χ1) is 21.6. The number of aromatic nitrogens is 3. The lowest BCUT2D eigenvalue weighted by Crippen LogP contribution is -2.65. The van der Waals surface area contributed by atoms with Crippen molar-refractivity contribution >= 4 is 46.7 Å². The molecule has 4 fully saturated rings. The summed E-state index contributed by atoms with van der Waals surface area (Å²) >= 11 is 5.95. The highest BCUT2D eigenvalue weighted by atomic mass is 35.5. The average molecular weight is 656 g/mol. The molecule has 2 unspecified atom stereocenters. The molecule has 0 aromatic carbocycles. The first-order valence-electron chi connectivity index (χ1n) is 15.7. The highest BCUT2D eigenvalue weighted by Crippen LogP contribution is 2.66. The van der Waals surface area contributed by atoms with Crippen LogP contribution in [0, 0.1) is 16.7 Å². The molecule has 2 aromatic heterocycles. The lowest BCUT2D eigenvalue weighted by molar-refractivity contribution is -0.140. The molecule has 2 heterocycles. The van der Waals surface area contributed by atoms with Gasteiger partial charge < -0.3 is 30.4 Å². The fourth-order valence-corrected chi connectivity index (χ4v) is 8.94. The number of amides is 4. The number of pyridine rings is 1. The highest BCUT2D eigenvalue weighted by Gasteiger charge is 2.60. The fourth-order valence-electron chi connectivity index (χ4n) is 8.80. The van der Waals surface area contributed by atoms with Gasteiger partial charge in [0.2, 0.25) is 22.9 Å². The van der Waals surface area contributed by atoms with Crippen molar-refractivity contribution in [1.82, 2.24) is 30.1 Å². The molecule has 0 radical (unpaired) electrons. The lowest BCUT2D eigenvalue weighted by Gasteiger charge is -2.65. The van der Waals surface area contributed by atoms with Crippen LogP contribution in [0.3, 0.4) is 0 Å². The van der Waals surface area contributed by atoms with Gasteiger partial charge in [-0.1, -0.05) is 13.8 Å². The molecule has 4 N–H and O–H groups in total. The van der Waals surface area contributed by atoms with E-state index in [2.05, 4.69) is 40.1 Å². The van der Waals surface area contributed by atoms with Crippen LogP contribution in [0.4, 0.5) is 5.69 Å². The monoisotopic (exact) mass is 655 g/mol. The summed E-state index contributed by atoms with van der Waals surface area (Å²) in [5.41, 5.74) is -0.494. The third kappa shape index (κ3) is 7.03. The van der Waals surface area contributed by atoms with Gasteiger partial charge in [-0.2, -0.15) is 0 Å². The summed E-state index contributed by atoms with van der Waals surface area (Å²) in [5.74, 6) is -2.70. The van der Waals surface area contributed by atoms with Gasteiger partial charge in [-0.15, -0.1) is 0 Å². The standard InChI is InChI=1S/C32H42ClN7O6/c1-5-34-27(45)23(41)9-8-20(36-26(44)22-14-35-29(33)39(22)4)25(43)37-21-7-6-10-40(28(21)46)15-24(42)38-32-13-19-11-30(2,17-32)16-31(3,12-19)18-32/h6-7,10,14,19-20H,5,8-9,11-13,15-18H2,1-4H3,(H,34,45)(H,36,44)(H,37,43)(H,38,42)/t19?,20-,30?,31?,32?/m0/s1. The molecule has 3 atom stereocenters. The third-order valence-corrected chi connectivity index (χ3v) is 10.0. The molecular weight excluding hydrogens is 614 g/mol. The van der Waals surface area contributed by atoms with Gasteiger partial charge in [0, 0.05) is 31.7 Å². The molecule has 2 aromatic rings. The predicted octanol–water partition coefficient (Wildman–Crippen LogP) is 2.32. The zero-order chi connectivity index (χ0) is 33.4. The summed E-state index contributed by atoms with van der Waals surface area (Å²) in [6.45, 7) is 6.35. The largest absolute Gasteiger partial charge is 0.350 e. The van der Waals surface area contributed by atoms with Gasteiger partial charge in [-0.05, 0) is 92.4 Å². The Balaban J connectivity index is 1.28. The number of nitrogens with zero attached hydrogens (tertiary/aromatic N) is 3. The summed E-state index contributed by atoms with van der Waals surface area (Å²) in [4.78, 5) is 81.3. The number of hydrogen-bond donors (Lipinski definition) is 4. The van der Waals surface area contributed by atoms with Crippen LogP contribution in [-0.2, 0) is 32.8 Å². The number of carbonyl (C=O) groups is 5. The maximum Gasteiger partial charge on any atom is 0.287 e. The number of ketones is 1. The second kappa shape index (κ2) is 12.7. The molecule has 4 bridgehead atoms. The quantitative estimate of drug-likeness (QED) is 0.254. The molecule has 4 amide bonds. The zero-order valence-electron chi connectivity index (χ0n) is 26.7. The molecule has 46 heavy (non-hydrogen) atoms. The summed E-state index contributed by atoms with van der Waals surface area (Å²) in [6, 6.07) is 1.64. The Labute approximate surface area is 272 Å². The number of rotatable bonds is 12. The molecule has 248 valence electrons. The van der Waals surface area contributed by atoms with Crippen molar-refractivity contribution in [1.29, 1.82) is 0 Å². The molecular formula is C32H42ClN7O6. The lowest BCUT2D eigenvalue weighted by atomic mass is 9.43. The first kappa shape index (κ1) is 33.4. The van der Waals surface area contributed by atoms with E-state index in [4.69, 9.17) is 11.6 Å². The van der Waals surface area contributed by atoms with Crippen molar-refractivity contribution in [2.24, 2.45) is 23.8 Å². The number of likely N-dealkylation sites (N-methyl/N-ethyl adjacent to an activating group) is 1. The van der Waals surface area contributed by atoms with Crippen LogP contribution in [-0.4, -0.2) is 61.7 Å². The van der Waals surface area contributed by atoms with Gasteiger partial charge in [-0.3, -0.25) is 28.8 Å². The summed E-state index contributed by atoms with van der Waals surface area (Å²) in [7, 11) is 1.52.